The van der Waals surface area contributed by atoms with Crippen LogP contribution in [-0.2, 0) is 0 Å². The summed E-state index contributed by atoms with van der Waals surface area (Å²) in [6.07, 6.45) is 2.93. The summed E-state index contributed by atoms with van der Waals surface area (Å²) >= 11 is 0. The number of β-amino-alcohol motifs (C(OH)–C–C–N with tert-alkyl or cyclic N) is 1. The van der Waals surface area contributed by atoms with Crippen molar-refractivity contribution in [1.29, 1.82) is 0 Å². The van der Waals surface area contributed by atoms with Crippen molar-refractivity contribution in [2.75, 3.05) is 20.1 Å². The fourth-order valence-electron chi connectivity index (χ4n) is 1.60. The van der Waals surface area contributed by atoms with Gasteiger partial charge in [0.05, 0.1) is 6.10 Å². The van der Waals surface area contributed by atoms with Crippen molar-refractivity contribution in [1.82, 2.24) is 4.90 Å². The molecule has 2 nitrogen and oxygen atoms in total. The van der Waals surface area contributed by atoms with E-state index >= 15 is 0 Å². The van der Waals surface area contributed by atoms with Crippen molar-refractivity contribution < 1.29 is 5.11 Å². The number of likely N-dealkylation sites (N-methyl/N-ethyl adjacent to an activating group) is 1. The van der Waals surface area contributed by atoms with Gasteiger partial charge in [0.25, 0.3) is 0 Å². The second-order valence-corrected chi connectivity index (χ2v) is 4.01. The van der Waals surface area contributed by atoms with E-state index in [4.69, 9.17) is 0 Å². The summed E-state index contributed by atoms with van der Waals surface area (Å²) in [6, 6.07) is 0. The number of aliphatic hydroxyl groups excluding tert-OH is 1. The maximum Gasteiger partial charge on any atom is 0.0704 e. The summed E-state index contributed by atoms with van der Waals surface area (Å²) in [6.45, 7) is 6.14. The molecule has 0 radical (unpaired) electrons. The lowest BCUT2D eigenvalue weighted by Crippen LogP contribution is -2.27. The molecule has 2 heteroatoms. The van der Waals surface area contributed by atoms with Crippen molar-refractivity contribution in [3.05, 3.63) is 11.6 Å². The Kier molecular flexibility index (Phi) is 3.29. The average Bonchev–Trinajstić information content (AvgIpc) is 2.11. The Hall–Kier alpha value is -0.340. The second-order valence-electron chi connectivity index (χ2n) is 4.01. The standard InChI is InChI=1S/C10H19NO/c1-8(2)9-4-5-11(3)7-10(12)6-9/h4,8,10,12H,5-7H2,1-3H3/t10-/m1/s1. The maximum atomic E-state index is 9.60. The van der Waals surface area contributed by atoms with Crippen LogP contribution in [0.5, 0.6) is 0 Å². The molecule has 0 bridgehead atoms. The molecule has 0 aliphatic carbocycles. The van der Waals surface area contributed by atoms with E-state index in [1.807, 2.05) is 7.05 Å². The highest BCUT2D eigenvalue weighted by Crippen LogP contribution is 2.18. The van der Waals surface area contributed by atoms with Gasteiger partial charge in [0.15, 0.2) is 0 Å². The third-order valence-electron chi connectivity index (χ3n) is 2.40. The molecule has 0 aromatic carbocycles. The van der Waals surface area contributed by atoms with Crippen molar-refractivity contribution >= 4 is 0 Å². The molecule has 0 unspecified atom stereocenters. The molecule has 1 aliphatic heterocycles. The van der Waals surface area contributed by atoms with E-state index in [1.165, 1.54) is 5.57 Å². The fraction of sp³-hybridized carbons (Fsp3) is 0.800. The fourth-order valence-corrected chi connectivity index (χ4v) is 1.60. The Morgan fingerprint density at radius 3 is 2.83 bits per heavy atom. The lowest BCUT2D eigenvalue weighted by atomic mass is 9.98. The van der Waals surface area contributed by atoms with E-state index in [2.05, 4.69) is 24.8 Å². The zero-order valence-electron chi connectivity index (χ0n) is 8.25. The minimum atomic E-state index is -0.175. The Labute approximate surface area is 74.9 Å². The summed E-state index contributed by atoms with van der Waals surface area (Å²) in [5, 5.41) is 9.60. The number of hydrogen-bond acceptors (Lipinski definition) is 2. The van der Waals surface area contributed by atoms with Crippen LogP contribution in [0.15, 0.2) is 11.6 Å². The van der Waals surface area contributed by atoms with Crippen molar-refractivity contribution in [2.45, 2.75) is 26.4 Å². The van der Waals surface area contributed by atoms with E-state index in [0.29, 0.717) is 5.92 Å². The maximum absolute atomic E-state index is 9.60. The molecule has 1 N–H and O–H groups in total. The third kappa shape index (κ3) is 2.61. The quantitative estimate of drug-likeness (QED) is 0.597. The molecule has 0 spiro atoms. The van der Waals surface area contributed by atoms with Crippen LogP contribution in [0.3, 0.4) is 0 Å². The van der Waals surface area contributed by atoms with Crippen LogP contribution in [0, 0.1) is 5.92 Å². The molecule has 1 atom stereocenters. The largest absolute Gasteiger partial charge is 0.391 e. The average molecular weight is 169 g/mol. The molecule has 0 aromatic heterocycles. The number of aliphatic hydroxyl groups is 1. The topological polar surface area (TPSA) is 23.5 Å². The molecule has 70 valence electrons. The summed E-state index contributed by atoms with van der Waals surface area (Å²) in [5.74, 6) is 0.575. The van der Waals surface area contributed by atoms with Crippen LogP contribution in [0.25, 0.3) is 0 Å². The third-order valence-corrected chi connectivity index (χ3v) is 2.40. The van der Waals surface area contributed by atoms with Gasteiger partial charge in [-0.15, -0.1) is 0 Å². The van der Waals surface area contributed by atoms with Gasteiger partial charge in [0.1, 0.15) is 0 Å². The Morgan fingerprint density at radius 1 is 1.58 bits per heavy atom. The van der Waals surface area contributed by atoms with Gasteiger partial charge in [0, 0.05) is 13.1 Å². The zero-order valence-corrected chi connectivity index (χ0v) is 8.25. The van der Waals surface area contributed by atoms with E-state index in [9.17, 15) is 5.11 Å². The predicted octanol–water partition coefficient (Wildman–Crippen LogP) is 1.27. The molecule has 0 amide bonds. The molecule has 12 heavy (non-hydrogen) atoms. The number of nitrogens with zero attached hydrogens (tertiary/aromatic N) is 1. The van der Waals surface area contributed by atoms with Crippen molar-refractivity contribution in [3.63, 3.8) is 0 Å². The van der Waals surface area contributed by atoms with E-state index < -0.39 is 0 Å². The number of hydrogen-bond donors (Lipinski definition) is 1. The molecular weight excluding hydrogens is 150 g/mol. The van der Waals surface area contributed by atoms with Crippen LogP contribution in [0.1, 0.15) is 20.3 Å². The molecular formula is C10H19NO. The first-order chi connectivity index (χ1) is 5.59. The van der Waals surface area contributed by atoms with Gasteiger partial charge in [-0.25, -0.2) is 0 Å². The van der Waals surface area contributed by atoms with E-state index in [1.54, 1.807) is 0 Å². The smallest absolute Gasteiger partial charge is 0.0704 e. The molecule has 1 heterocycles. The molecule has 0 fully saturated rings. The normalized spacial score (nSPS) is 27.1. The highest BCUT2D eigenvalue weighted by atomic mass is 16.3. The van der Waals surface area contributed by atoms with Crippen molar-refractivity contribution in [3.8, 4) is 0 Å². The first-order valence-electron chi connectivity index (χ1n) is 4.65. The van der Waals surface area contributed by atoms with Gasteiger partial charge in [0.2, 0.25) is 0 Å². The van der Waals surface area contributed by atoms with E-state index in [-0.39, 0.29) is 6.10 Å². The van der Waals surface area contributed by atoms with Gasteiger partial charge < -0.3 is 10.0 Å². The van der Waals surface area contributed by atoms with Crippen LogP contribution < -0.4 is 0 Å². The van der Waals surface area contributed by atoms with Gasteiger partial charge >= 0.3 is 0 Å². The minimum absolute atomic E-state index is 0.175. The second kappa shape index (κ2) is 4.06. The molecule has 1 aliphatic rings. The lowest BCUT2D eigenvalue weighted by molar-refractivity contribution is 0.134. The Bertz CT molecular complexity index is 175. The van der Waals surface area contributed by atoms with Crippen LogP contribution >= 0.6 is 0 Å². The van der Waals surface area contributed by atoms with Crippen LogP contribution in [0.2, 0.25) is 0 Å². The Morgan fingerprint density at radius 2 is 2.25 bits per heavy atom. The van der Waals surface area contributed by atoms with Gasteiger partial charge in [-0.2, -0.15) is 0 Å². The predicted molar refractivity (Wildman–Crippen MR) is 51.0 cm³/mol. The summed E-state index contributed by atoms with van der Waals surface area (Å²) in [5.41, 5.74) is 1.40. The van der Waals surface area contributed by atoms with Gasteiger partial charge in [-0.3, -0.25) is 0 Å². The first kappa shape index (κ1) is 9.75. The zero-order chi connectivity index (χ0) is 9.14. The molecule has 1 rings (SSSR count). The summed E-state index contributed by atoms with van der Waals surface area (Å²) in [4.78, 5) is 2.15. The minimum Gasteiger partial charge on any atom is -0.391 e. The highest BCUT2D eigenvalue weighted by molar-refractivity contribution is 5.09. The summed E-state index contributed by atoms with van der Waals surface area (Å²) < 4.78 is 0. The summed E-state index contributed by atoms with van der Waals surface area (Å²) in [7, 11) is 2.04. The lowest BCUT2D eigenvalue weighted by Gasteiger charge is -2.15. The van der Waals surface area contributed by atoms with Crippen LogP contribution in [0.4, 0.5) is 0 Å². The number of rotatable bonds is 1. The molecule has 0 saturated heterocycles. The van der Waals surface area contributed by atoms with Gasteiger partial charge in [-0.05, 0) is 19.4 Å². The molecule has 0 aromatic rings. The highest BCUT2D eigenvalue weighted by Gasteiger charge is 2.15. The Balaban J connectivity index is 2.62. The van der Waals surface area contributed by atoms with E-state index in [0.717, 1.165) is 19.5 Å². The molecule has 0 saturated carbocycles. The first-order valence-corrected chi connectivity index (χ1v) is 4.65. The van der Waals surface area contributed by atoms with Crippen molar-refractivity contribution in [2.24, 2.45) is 5.92 Å². The van der Waals surface area contributed by atoms with Gasteiger partial charge in [-0.1, -0.05) is 25.5 Å². The van der Waals surface area contributed by atoms with Crippen LogP contribution in [-0.4, -0.2) is 36.2 Å². The SMILES string of the molecule is CC(C)C1=CCN(C)C[C@H](O)C1. The monoisotopic (exact) mass is 169 g/mol.